The molecule has 1 saturated heterocycles. The van der Waals surface area contributed by atoms with Gasteiger partial charge in [0, 0.05) is 28.2 Å². The van der Waals surface area contributed by atoms with Gasteiger partial charge in [0.2, 0.25) is 5.28 Å². The number of nitrogens with zero attached hydrogens (tertiary/aromatic N) is 5. The Bertz CT molecular complexity index is 2210. The molecule has 292 valence electrons. The SMILES string of the molecule is CN(c1nc(Cl)nc2c1ncn2[C@@H]1O[C@H](COP(=O)(CP(=O)(Oc2cccc(Cl)c2)Oc2cccc(Cl)c2)Oc2cccc(Cl)c2)[C@@H](O)[C@H]1O)C1CCCC1. The summed E-state index contributed by atoms with van der Waals surface area (Å²) < 4.78 is 60.5. The van der Waals surface area contributed by atoms with E-state index in [4.69, 9.17) is 69.2 Å². The molecule has 1 saturated carbocycles. The van der Waals surface area contributed by atoms with Gasteiger partial charge in [-0.3, -0.25) is 9.09 Å². The molecule has 55 heavy (non-hydrogen) atoms. The number of halogens is 4. The molecule has 0 bridgehead atoms. The average molecular weight is 873 g/mol. The van der Waals surface area contributed by atoms with E-state index < -0.39 is 52.2 Å². The fourth-order valence-electron chi connectivity index (χ4n) is 6.49. The second-order valence-corrected chi connectivity index (χ2v) is 19.1. The van der Waals surface area contributed by atoms with Crippen molar-refractivity contribution < 1.29 is 42.2 Å². The summed E-state index contributed by atoms with van der Waals surface area (Å²) in [6.07, 6.45) is 0.0339. The van der Waals surface area contributed by atoms with Crippen LogP contribution in [0.2, 0.25) is 20.4 Å². The minimum Gasteiger partial charge on any atom is -0.424 e. The molecule has 1 aliphatic carbocycles. The van der Waals surface area contributed by atoms with Crippen LogP contribution in [0.15, 0.2) is 79.1 Å². The second kappa shape index (κ2) is 16.8. The molecule has 2 N–H and O–H groups in total. The van der Waals surface area contributed by atoms with Gasteiger partial charge in [-0.25, -0.2) is 14.1 Å². The molecule has 0 amide bonds. The fourth-order valence-corrected chi connectivity index (χ4v) is 11.7. The molecule has 20 heteroatoms. The zero-order valence-electron chi connectivity index (χ0n) is 29.0. The van der Waals surface area contributed by atoms with Gasteiger partial charge in [-0.2, -0.15) is 9.97 Å². The van der Waals surface area contributed by atoms with Crippen LogP contribution in [0.5, 0.6) is 17.2 Å². The van der Waals surface area contributed by atoms with Gasteiger partial charge in [-0.05, 0) is 79.0 Å². The topological polar surface area (TPSA) is 168 Å². The molecule has 5 atom stereocenters. The summed E-state index contributed by atoms with van der Waals surface area (Å²) in [5.41, 5.74) is 0.697. The van der Waals surface area contributed by atoms with Crippen molar-refractivity contribution >= 4 is 78.6 Å². The molecular weight excluding hydrogens is 838 g/mol. The lowest BCUT2D eigenvalue weighted by Gasteiger charge is -2.26. The number of benzene rings is 3. The third-order valence-electron chi connectivity index (χ3n) is 9.10. The lowest BCUT2D eigenvalue weighted by Crippen LogP contribution is -2.34. The van der Waals surface area contributed by atoms with E-state index in [1.165, 1.54) is 47.3 Å². The summed E-state index contributed by atoms with van der Waals surface area (Å²) in [7, 11) is -7.21. The summed E-state index contributed by atoms with van der Waals surface area (Å²) in [5.74, 6) is -0.321. The van der Waals surface area contributed by atoms with Gasteiger partial charge in [0.25, 0.3) is 0 Å². The molecule has 5 aromatic rings. The van der Waals surface area contributed by atoms with Gasteiger partial charge in [-0.15, -0.1) is 0 Å². The van der Waals surface area contributed by atoms with Crippen molar-refractivity contribution in [3.8, 4) is 17.2 Å². The molecule has 14 nitrogen and oxygen atoms in total. The number of hydrogen-bond donors (Lipinski definition) is 2. The monoisotopic (exact) mass is 871 g/mol. The number of anilines is 1. The zero-order valence-corrected chi connectivity index (χ0v) is 33.8. The molecule has 3 heterocycles. The van der Waals surface area contributed by atoms with Crippen LogP contribution < -0.4 is 18.5 Å². The third-order valence-corrected chi connectivity index (χ3v) is 14.8. The Kier molecular flexibility index (Phi) is 12.2. The van der Waals surface area contributed by atoms with Crippen LogP contribution in [0.3, 0.4) is 0 Å². The van der Waals surface area contributed by atoms with Crippen LogP contribution in [0.25, 0.3) is 11.2 Å². The maximum atomic E-state index is 14.8. The Balaban J connectivity index is 1.16. The highest BCUT2D eigenvalue weighted by molar-refractivity contribution is 7.72. The van der Waals surface area contributed by atoms with Gasteiger partial charge in [0.1, 0.15) is 35.6 Å². The van der Waals surface area contributed by atoms with Crippen molar-refractivity contribution in [1.29, 1.82) is 0 Å². The van der Waals surface area contributed by atoms with Gasteiger partial charge in [-0.1, -0.05) is 65.8 Å². The van der Waals surface area contributed by atoms with E-state index in [1.54, 1.807) is 36.4 Å². The predicted octanol–water partition coefficient (Wildman–Crippen LogP) is 9.04. The van der Waals surface area contributed by atoms with Crippen molar-refractivity contribution in [2.24, 2.45) is 0 Å². The highest BCUT2D eigenvalue weighted by Crippen LogP contribution is 2.63. The summed E-state index contributed by atoms with van der Waals surface area (Å²) in [5, 5.41) is 23.2. The Morgan fingerprint density at radius 3 is 1.91 bits per heavy atom. The quantitative estimate of drug-likeness (QED) is 0.0802. The Hall–Kier alpha value is -3.13. The van der Waals surface area contributed by atoms with E-state index in [9.17, 15) is 19.3 Å². The molecule has 2 fully saturated rings. The van der Waals surface area contributed by atoms with Crippen LogP contribution in [0.4, 0.5) is 5.82 Å². The lowest BCUT2D eigenvalue weighted by atomic mass is 10.1. The molecular formula is C35H35Cl4N5O9P2. The first kappa shape index (κ1) is 40.1. The van der Waals surface area contributed by atoms with Crippen molar-refractivity contribution in [2.75, 3.05) is 24.5 Å². The largest absolute Gasteiger partial charge is 0.444 e. The van der Waals surface area contributed by atoms with Crippen molar-refractivity contribution in [2.45, 2.75) is 56.3 Å². The van der Waals surface area contributed by atoms with E-state index in [-0.39, 0.29) is 49.3 Å². The molecule has 3 aromatic carbocycles. The zero-order chi connectivity index (χ0) is 38.9. The normalized spacial score (nSPS) is 21.4. The molecule has 2 aromatic heterocycles. The van der Waals surface area contributed by atoms with E-state index in [2.05, 4.69) is 15.0 Å². The number of hydrogen-bond acceptors (Lipinski definition) is 13. The number of aromatic nitrogens is 4. The number of imidazole rings is 1. The first-order valence-corrected chi connectivity index (χ1v) is 22.1. The van der Waals surface area contributed by atoms with Crippen LogP contribution in [0, 0.1) is 0 Å². The number of aliphatic hydroxyl groups excluding tert-OH is 2. The fraction of sp³-hybridized carbons (Fsp3) is 0.343. The second-order valence-electron chi connectivity index (χ2n) is 13.0. The minimum atomic E-state index is -4.61. The van der Waals surface area contributed by atoms with Crippen LogP contribution in [-0.2, 0) is 18.4 Å². The summed E-state index contributed by atoms with van der Waals surface area (Å²) in [4.78, 5) is 15.4. The standard InChI is InChI=1S/C35H35Cl4N5O9P2/c1-43(24-10-2-3-11-24)32-29-33(42-35(39)41-32)44(19-40-29)34-31(46)30(45)28(50-34)18-49-54(47,51-25-12-4-7-21(36)15-25)20-55(48,52-26-13-5-8-22(37)16-26)53-27-14-6-9-23(38)17-27/h4-9,12-17,19,24,28,30-31,34,45-46H,2-3,10-11,18,20H2,1H3/t28-,30-,31-,34-,54?/m1/s1. The first-order valence-electron chi connectivity index (χ1n) is 17.1. The summed E-state index contributed by atoms with van der Waals surface area (Å²) in [6, 6.07) is 18.3. The van der Waals surface area contributed by atoms with Crippen molar-refractivity contribution in [3.05, 3.63) is 99.5 Å². The number of ether oxygens (including phenoxy) is 1. The van der Waals surface area contributed by atoms with E-state index >= 15 is 0 Å². The molecule has 7 rings (SSSR count). The molecule has 2 aliphatic rings. The Morgan fingerprint density at radius 1 is 0.818 bits per heavy atom. The number of rotatable bonds is 14. The lowest BCUT2D eigenvalue weighted by molar-refractivity contribution is -0.0482. The van der Waals surface area contributed by atoms with Gasteiger partial charge >= 0.3 is 15.2 Å². The maximum absolute atomic E-state index is 14.8. The average Bonchev–Trinajstić information content (AvgIpc) is 3.87. The maximum Gasteiger partial charge on any atom is 0.444 e. The van der Waals surface area contributed by atoms with Crippen LogP contribution in [0.1, 0.15) is 31.9 Å². The smallest absolute Gasteiger partial charge is 0.424 e. The van der Waals surface area contributed by atoms with E-state index in [0.717, 1.165) is 25.7 Å². The van der Waals surface area contributed by atoms with Crippen LogP contribution >= 0.6 is 61.6 Å². The summed E-state index contributed by atoms with van der Waals surface area (Å²) >= 11 is 24.9. The highest BCUT2D eigenvalue weighted by Gasteiger charge is 2.48. The van der Waals surface area contributed by atoms with Gasteiger partial charge in [0.15, 0.2) is 29.1 Å². The minimum absolute atomic E-state index is 0.0125. The van der Waals surface area contributed by atoms with E-state index in [1.807, 2.05) is 11.9 Å². The molecule has 0 radical (unpaired) electrons. The van der Waals surface area contributed by atoms with E-state index in [0.29, 0.717) is 11.3 Å². The molecule has 1 unspecified atom stereocenters. The predicted molar refractivity (Wildman–Crippen MR) is 209 cm³/mol. The van der Waals surface area contributed by atoms with Crippen molar-refractivity contribution in [3.63, 3.8) is 0 Å². The van der Waals surface area contributed by atoms with Gasteiger partial charge < -0.3 is 33.4 Å². The Labute approximate surface area is 336 Å². The Morgan fingerprint density at radius 2 is 1.36 bits per heavy atom. The molecule has 1 aliphatic heterocycles. The van der Waals surface area contributed by atoms with Crippen LogP contribution in [-0.4, -0.2) is 73.6 Å². The van der Waals surface area contributed by atoms with Gasteiger partial charge in [0.05, 0.1) is 12.9 Å². The number of aliphatic hydroxyl groups is 2. The van der Waals surface area contributed by atoms with Crippen molar-refractivity contribution in [1.82, 2.24) is 19.5 Å². The first-order chi connectivity index (χ1) is 26.3. The third kappa shape index (κ3) is 9.37. The summed E-state index contributed by atoms with van der Waals surface area (Å²) in [6.45, 7) is -0.612. The highest BCUT2D eigenvalue weighted by atomic mass is 35.5. The number of fused-ring (bicyclic) bond motifs is 1. The molecule has 0 spiro atoms.